The highest BCUT2D eigenvalue weighted by molar-refractivity contribution is 5.76. The largest absolute Gasteiger partial charge is 0.481 e. The molecule has 2 unspecified atom stereocenters. The van der Waals surface area contributed by atoms with Crippen LogP contribution >= 0.6 is 0 Å². The highest BCUT2D eigenvalue weighted by Crippen LogP contribution is 2.04. The molecular formula is C13H20N2O4. The Bertz CT molecular complexity index is 403. The minimum Gasteiger partial charge on any atom is -0.481 e. The van der Waals surface area contributed by atoms with Gasteiger partial charge in [0.2, 0.25) is 0 Å². The second kappa shape index (κ2) is 7.45. The summed E-state index contributed by atoms with van der Waals surface area (Å²) in [5.74, 6) is -0.651. The highest BCUT2D eigenvalue weighted by atomic mass is 16.4. The number of furan rings is 1. The Morgan fingerprint density at radius 1 is 1.47 bits per heavy atom. The van der Waals surface area contributed by atoms with Gasteiger partial charge in [0.25, 0.3) is 0 Å². The summed E-state index contributed by atoms with van der Waals surface area (Å²) in [5, 5.41) is 14.2. The van der Waals surface area contributed by atoms with Crippen molar-refractivity contribution in [3.8, 4) is 0 Å². The molecule has 0 radical (unpaired) electrons. The minimum atomic E-state index is -0.897. The van der Waals surface area contributed by atoms with Crippen LogP contribution in [0, 0.1) is 5.92 Å². The van der Waals surface area contributed by atoms with E-state index in [1.807, 2.05) is 13.0 Å². The maximum atomic E-state index is 11.6. The molecule has 2 atom stereocenters. The maximum Gasteiger partial charge on any atom is 0.315 e. The molecule has 1 aromatic rings. The number of nitrogens with one attached hydrogen (secondary N) is 2. The van der Waals surface area contributed by atoms with Gasteiger partial charge in [-0.05, 0) is 25.5 Å². The van der Waals surface area contributed by atoms with Gasteiger partial charge in [0.1, 0.15) is 5.76 Å². The Hall–Kier alpha value is -1.98. The van der Waals surface area contributed by atoms with E-state index in [2.05, 4.69) is 10.6 Å². The summed E-state index contributed by atoms with van der Waals surface area (Å²) in [6.45, 7) is 3.76. The van der Waals surface area contributed by atoms with Crippen molar-refractivity contribution in [1.82, 2.24) is 10.6 Å². The van der Waals surface area contributed by atoms with Gasteiger partial charge in [0, 0.05) is 19.0 Å². The van der Waals surface area contributed by atoms with E-state index in [1.165, 1.54) is 0 Å². The van der Waals surface area contributed by atoms with Gasteiger partial charge < -0.3 is 20.2 Å². The molecule has 3 N–H and O–H groups in total. The third kappa shape index (κ3) is 5.46. The van der Waals surface area contributed by atoms with Crippen LogP contribution in [0.3, 0.4) is 0 Å². The Morgan fingerprint density at radius 2 is 2.21 bits per heavy atom. The molecule has 0 aliphatic rings. The van der Waals surface area contributed by atoms with Crippen LogP contribution in [0.1, 0.15) is 26.0 Å². The van der Waals surface area contributed by atoms with Gasteiger partial charge in [0.05, 0.1) is 12.2 Å². The minimum absolute atomic E-state index is 0.0870. The highest BCUT2D eigenvalue weighted by Gasteiger charge is 2.16. The summed E-state index contributed by atoms with van der Waals surface area (Å²) >= 11 is 0. The Morgan fingerprint density at radius 3 is 2.74 bits per heavy atom. The lowest BCUT2D eigenvalue weighted by Gasteiger charge is -2.15. The molecule has 0 saturated carbocycles. The SMILES string of the molecule is CCC(CNC(=O)NC(C)Cc1ccco1)C(=O)O. The van der Waals surface area contributed by atoms with Crippen molar-refractivity contribution < 1.29 is 19.1 Å². The van der Waals surface area contributed by atoms with Crippen LogP contribution in [0.25, 0.3) is 0 Å². The molecule has 2 amide bonds. The topological polar surface area (TPSA) is 91.6 Å². The number of aliphatic carboxylic acids is 1. The smallest absolute Gasteiger partial charge is 0.315 e. The number of hydrogen-bond acceptors (Lipinski definition) is 3. The molecule has 0 fully saturated rings. The van der Waals surface area contributed by atoms with Crippen molar-refractivity contribution in [3.05, 3.63) is 24.2 Å². The first kappa shape index (κ1) is 15.1. The third-order valence-electron chi connectivity index (χ3n) is 2.82. The van der Waals surface area contributed by atoms with Crippen LogP contribution in [0.4, 0.5) is 4.79 Å². The van der Waals surface area contributed by atoms with E-state index in [4.69, 9.17) is 9.52 Å². The summed E-state index contributed by atoms with van der Waals surface area (Å²) in [4.78, 5) is 22.4. The molecular weight excluding hydrogens is 248 g/mol. The van der Waals surface area contributed by atoms with Gasteiger partial charge in [-0.1, -0.05) is 6.92 Å². The number of amides is 2. The second-order valence-corrected chi connectivity index (χ2v) is 4.48. The first-order valence-electron chi connectivity index (χ1n) is 6.32. The van der Waals surface area contributed by atoms with E-state index < -0.39 is 11.9 Å². The number of carbonyl (C=O) groups excluding carboxylic acids is 1. The van der Waals surface area contributed by atoms with Crippen LogP contribution in [0.15, 0.2) is 22.8 Å². The average molecular weight is 268 g/mol. The monoisotopic (exact) mass is 268 g/mol. The fourth-order valence-electron chi connectivity index (χ4n) is 1.68. The lowest BCUT2D eigenvalue weighted by atomic mass is 10.1. The summed E-state index contributed by atoms with van der Waals surface area (Å²) < 4.78 is 5.18. The average Bonchev–Trinajstić information content (AvgIpc) is 2.81. The first-order chi connectivity index (χ1) is 9.02. The van der Waals surface area contributed by atoms with Crippen LogP contribution in [0.5, 0.6) is 0 Å². The molecule has 0 spiro atoms. The number of carboxylic acid groups (broad SMARTS) is 1. The lowest BCUT2D eigenvalue weighted by molar-refractivity contribution is -0.141. The van der Waals surface area contributed by atoms with Gasteiger partial charge in [0.15, 0.2) is 0 Å². The molecule has 19 heavy (non-hydrogen) atoms. The Balaban J connectivity index is 2.28. The zero-order valence-corrected chi connectivity index (χ0v) is 11.2. The number of hydrogen-bond donors (Lipinski definition) is 3. The Kier molecular flexibility index (Phi) is 5.92. The van der Waals surface area contributed by atoms with E-state index in [9.17, 15) is 9.59 Å². The van der Waals surface area contributed by atoms with Crippen LogP contribution < -0.4 is 10.6 Å². The predicted octanol–water partition coefficient (Wildman–Crippen LogP) is 1.62. The van der Waals surface area contributed by atoms with Gasteiger partial charge in [-0.25, -0.2) is 4.79 Å². The zero-order chi connectivity index (χ0) is 14.3. The van der Waals surface area contributed by atoms with Crippen LogP contribution in [0.2, 0.25) is 0 Å². The first-order valence-corrected chi connectivity index (χ1v) is 6.32. The number of urea groups is 1. The van der Waals surface area contributed by atoms with Crippen molar-refractivity contribution in [2.45, 2.75) is 32.7 Å². The summed E-state index contributed by atoms with van der Waals surface area (Å²) in [6, 6.07) is 3.18. The molecule has 1 heterocycles. The van der Waals surface area contributed by atoms with E-state index in [1.54, 1.807) is 19.3 Å². The number of rotatable bonds is 7. The fourth-order valence-corrected chi connectivity index (χ4v) is 1.68. The van der Waals surface area contributed by atoms with Crippen LogP contribution in [-0.2, 0) is 11.2 Å². The molecule has 6 heteroatoms. The molecule has 106 valence electrons. The van der Waals surface area contributed by atoms with Crippen LogP contribution in [-0.4, -0.2) is 29.7 Å². The van der Waals surface area contributed by atoms with E-state index in [0.29, 0.717) is 12.8 Å². The molecule has 6 nitrogen and oxygen atoms in total. The van der Waals surface area contributed by atoms with Crippen molar-refractivity contribution in [1.29, 1.82) is 0 Å². The molecule has 0 aromatic carbocycles. The summed E-state index contributed by atoms with van der Waals surface area (Å²) in [7, 11) is 0. The van der Waals surface area contributed by atoms with Gasteiger partial charge in [-0.2, -0.15) is 0 Å². The van der Waals surface area contributed by atoms with Crippen molar-refractivity contribution in [2.24, 2.45) is 5.92 Å². The van der Waals surface area contributed by atoms with Crippen molar-refractivity contribution in [3.63, 3.8) is 0 Å². The standard InChI is InChI=1S/C13H20N2O4/c1-3-10(12(16)17)8-14-13(18)15-9(2)7-11-5-4-6-19-11/h4-6,9-10H,3,7-8H2,1-2H3,(H,16,17)(H2,14,15,18). The molecule has 1 aromatic heterocycles. The molecule has 0 bridgehead atoms. The van der Waals surface area contributed by atoms with Crippen molar-refractivity contribution in [2.75, 3.05) is 6.54 Å². The van der Waals surface area contributed by atoms with E-state index in [-0.39, 0.29) is 18.6 Å². The maximum absolute atomic E-state index is 11.6. The van der Waals surface area contributed by atoms with Gasteiger partial charge in [-0.3, -0.25) is 4.79 Å². The van der Waals surface area contributed by atoms with Gasteiger partial charge >= 0.3 is 12.0 Å². The summed E-state index contributed by atoms with van der Waals surface area (Å²) in [6.07, 6.45) is 2.66. The van der Waals surface area contributed by atoms with E-state index in [0.717, 1.165) is 5.76 Å². The molecule has 0 aliphatic heterocycles. The number of carbonyl (C=O) groups is 2. The zero-order valence-electron chi connectivity index (χ0n) is 11.2. The number of carboxylic acids is 1. The van der Waals surface area contributed by atoms with Gasteiger partial charge in [-0.15, -0.1) is 0 Å². The Labute approximate surface area is 112 Å². The quantitative estimate of drug-likeness (QED) is 0.700. The normalized spacial score (nSPS) is 13.6. The lowest BCUT2D eigenvalue weighted by Crippen LogP contribution is -2.44. The molecule has 0 aliphatic carbocycles. The molecule has 1 rings (SSSR count). The second-order valence-electron chi connectivity index (χ2n) is 4.48. The molecule has 0 saturated heterocycles. The predicted molar refractivity (Wildman–Crippen MR) is 69.8 cm³/mol. The summed E-state index contributed by atoms with van der Waals surface area (Å²) in [5.41, 5.74) is 0. The van der Waals surface area contributed by atoms with Crippen molar-refractivity contribution >= 4 is 12.0 Å². The fraction of sp³-hybridized carbons (Fsp3) is 0.538. The third-order valence-corrected chi connectivity index (χ3v) is 2.82. The van der Waals surface area contributed by atoms with E-state index >= 15 is 0 Å².